The van der Waals surface area contributed by atoms with Crippen molar-refractivity contribution >= 4 is 0 Å². The third kappa shape index (κ3) is 8.15. The van der Waals surface area contributed by atoms with Crippen LogP contribution in [0.5, 0.6) is 0 Å². The lowest BCUT2D eigenvalue weighted by molar-refractivity contribution is -0.429. The lowest BCUT2D eigenvalue weighted by Gasteiger charge is -2.46. The van der Waals surface area contributed by atoms with Gasteiger partial charge >= 0.3 is 0 Å². The Bertz CT molecular complexity index is 585. The Kier molecular flexibility index (Phi) is 13.0. The Balaban J connectivity index is 2.10. The Hall–Kier alpha value is -0.680. The van der Waals surface area contributed by atoms with Crippen LogP contribution in [0.1, 0.15) is 0 Å². The van der Waals surface area contributed by atoms with Gasteiger partial charge in [-0.2, -0.15) is 0 Å². The molecule has 12 atom stereocenters. The number of aliphatic hydroxyl groups excluding tert-OH is 10. The largest absolute Gasteiger partial charge is 0.394 e. The maximum Gasteiger partial charge on any atom is 0.187 e. The monoisotopic (exact) mass is 522 g/mol. The van der Waals surface area contributed by atoms with Gasteiger partial charge in [-0.05, 0) is 0 Å². The molecule has 0 saturated carbocycles. The van der Waals surface area contributed by atoms with Crippen LogP contribution in [0.15, 0.2) is 0 Å². The third-order valence-corrected chi connectivity index (χ3v) is 5.23. The van der Waals surface area contributed by atoms with Crippen LogP contribution in [-0.4, -0.2) is 164 Å². The molecule has 0 aromatic heterocycles. The summed E-state index contributed by atoms with van der Waals surface area (Å²) < 4.78 is 16.0. The van der Waals surface area contributed by atoms with Crippen molar-refractivity contribution in [2.75, 3.05) is 39.6 Å². The summed E-state index contributed by atoms with van der Waals surface area (Å²) in [5.74, 6) is 0. The second-order valence-corrected chi connectivity index (χ2v) is 7.91. The number of rotatable bonds is 14. The quantitative estimate of drug-likeness (QED) is 0.0750. The molecule has 2 aliphatic rings. The fraction of sp³-hybridized carbons (Fsp3) is 1.00. The van der Waals surface area contributed by atoms with Crippen molar-refractivity contribution in [3.05, 3.63) is 0 Å². The molecule has 2 rings (SSSR count). The predicted molar refractivity (Wildman–Crippen MR) is 104 cm³/mol. The van der Waals surface area contributed by atoms with Gasteiger partial charge in [0.15, 0.2) is 24.8 Å². The average molecular weight is 522 g/mol. The van der Waals surface area contributed by atoms with Gasteiger partial charge in [-0.3, -0.25) is 0 Å². The molecular formula is C18H34O17. The highest BCUT2D eigenvalue weighted by Gasteiger charge is 2.52. The van der Waals surface area contributed by atoms with E-state index in [2.05, 4.69) is 4.89 Å². The van der Waals surface area contributed by atoms with Crippen molar-refractivity contribution in [3.8, 4) is 0 Å². The first-order valence-electron chi connectivity index (χ1n) is 10.7. The Morgan fingerprint density at radius 2 is 1.17 bits per heavy atom. The molecule has 2 heterocycles. The maximum absolute atomic E-state index is 10.7. The van der Waals surface area contributed by atoms with Gasteiger partial charge in [-0.1, -0.05) is 0 Å². The second kappa shape index (κ2) is 14.9. The van der Waals surface area contributed by atoms with E-state index in [4.69, 9.17) is 39.1 Å². The first-order valence-corrected chi connectivity index (χ1v) is 10.7. The molecule has 2 unspecified atom stereocenters. The van der Waals surface area contributed by atoms with E-state index in [1.807, 2.05) is 0 Å². The van der Waals surface area contributed by atoms with Crippen molar-refractivity contribution < 1.29 is 84.8 Å². The van der Waals surface area contributed by atoms with E-state index < -0.39 is 113 Å². The van der Waals surface area contributed by atoms with Crippen LogP contribution in [0.3, 0.4) is 0 Å². The SMILES string of the molecule is OCC(O)COO[C@@H]1[C@@H](O)[C@H](O[C@H]2[C@H](O)[C@H](OOCC(O)CO)[C@H](O)O[C@@H]2CO)O[C@H](CO)[C@H]1O. The van der Waals surface area contributed by atoms with E-state index in [0.717, 1.165) is 0 Å². The summed E-state index contributed by atoms with van der Waals surface area (Å²) in [7, 11) is 0. The molecule has 2 saturated heterocycles. The molecule has 208 valence electrons. The fourth-order valence-corrected chi connectivity index (χ4v) is 3.26. The topological polar surface area (TPSA) is 267 Å². The van der Waals surface area contributed by atoms with Crippen molar-refractivity contribution in [1.82, 2.24) is 0 Å². The van der Waals surface area contributed by atoms with Crippen LogP contribution >= 0.6 is 0 Å². The van der Waals surface area contributed by atoms with Gasteiger partial charge in [0.1, 0.15) is 62.0 Å². The fourth-order valence-electron chi connectivity index (χ4n) is 3.26. The van der Waals surface area contributed by atoms with E-state index in [0.29, 0.717) is 0 Å². The van der Waals surface area contributed by atoms with Gasteiger partial charge < -0.3 is 65.3 Å². The summed E-state index contributed by atoms with van der Waals surface area (Å²) in [5, 5.41) is 97.0. The first-order chi connectivity index (χ1) is 16.7. The van der Waals surface area contributed by atoms with E-state index >= 15 is 0 Å². The summed E-state index contributed by atoms with van der Waals surface area (Å²) in [6.45, 7) is -3.86. The standard InChI is InChI=1S/C18H34O17/c19-1-7(23)5-29-34-15-11(25)9(3-21)32-18(13(15)27)33-14-10(4-22)31-17(28)16(12(14)26)35-30-6-8(24)2-20/h7-28H,1-6H2/t7?,8?,9-,10-,11-,12+,13-,14-,15+,16+,17-,18+/m1/s1. The molecule has 0 aromatic rings. The smallest absolute Gasteiger partial charge is 0.187 e. The van der Waals surface area contributed by atoms with E-state index in [1.54, 1.807) is 0 Å². The zero-order valence-electron chi connectivity index (χ0n) is 18.5. The third-order valence-electron chi connectivity index (χ3n) is 5.23. The van der Waals surface area contributed by atoms with Crippen LogP contribution in [0.25, 0.3) is 0 Å². The lowest BCUT2D eigenvalue weighted by atomic mass is 9.97. The van der Waals surface area contributed by atoms with Crippen LogP contribution in [0.2, 0.25) is 0 Å². The van der Waals surface area contributed by atoms with Crippen LogP contribution in [0.4, 0.5) is 0 Å². The van der Waals surface area contributed by atoms with Crippen LogP contribution in [0, 0.1) is 0 Å². The van der Waals surface area contributed by atoms with Gasteiger partial charge in [0.2, 0.25) is 0 Å². The summed E-state index contributed by atoms with van der Waals surface area (Å²) in [5.41, 5.74) is 0. The normalized spacial score (nSPS) is 39.9. The molecule has 0 bridgehead atoms. The van der Waals surface area contributed by atoms with Gasteiger partial charge in [0.25, 0.3) is 0 Å². The van der Waals surface area contributed by atoms with Crippen LogP contribution in [-0.2, 0) is 33.8 Å². The predicted octanol–water partition coefficient (Wildman–Crippen LogP) is -6.78. The zero-order valence-corrected chi connectivity index (χ0v) is 18.5. The lowest BCUT2D eigenvalue weighted by Crippen LogP contribution is -2.65. The van der Waals surface area contributed by atoms with Gasteiger partial charge in [-0.25, -0.2) is 19.6 Å². The van der Waals surface area contributed by atoms with E-state index in [1.165, 1.54) is 0 Å². The number of ether oxygens (including phenoxy) is 3. The van der Waals surface area contributed by atoms with Crippen molar-refractivity contribution in [2.45, 2.75) is 73.6 Å². The molecule has 10 N–H and O–H groups in total. The summed E-state index contributed by atoms with van der Waals surface area (Å²) >= 11 is 0. The first kappa shape index (κ1) is 30.5. The maximum atomic E-state index is 10.7. The summed E-state index contributed by atoms with van der Waals surface area (Å²) in [4.78, 5) is 19.2. The Morgan fingerprint density at radius 3 is 1.69 bits per heavy atom. The highest BCUT2D eigenvalue weighted by atomic mass is 17.2. The minimum Gasteiger partial charge on any atom is -0.394 e. The van der Waals surface area contributed by atoms with Crippen molar-refractivity contribution in [3.63, 3.8) is 0 Å². The zero-order chi connectivity index (χ0) is 26.1. The van der Waals surface area contributed by atoms with E-state index in [-0.39, 0.29) is 0 Å². The molecular weight excluding hydrogens is 488 g/mol. The number of hydrogen-bond acceptors (Lipinski definition) is 17. The summed E-state index contributed by atoms with van der Waals surface area (Å²) in [6, 6.07) is 0. The molecule has 0 aromatic carbocycles. The molecule has 0 aliphatic carbocycles. The molecule has 17 heteroatoms. The van der Waals surface area contributed by atoms with Gasteiger partial charge in [-0.15, -0.1) is 0 Å². The highest BCUT2D eigenvalue weighted by Crippen LogP contribution is 2.30. The van der Waals surface area contributed by atoms with Gasteiger partial charge in [0.05, 0.1) is 26.4 Å². The molecule has 0 radical (unpaired) electrons. The molecule has 35 heavy (non-hydrogen) atoms. The molecule has 17 nitrogen and oxygen atoms in total. The number of aliphatic hydroxyl groups is 10. The number of hydrogen-bond donors (Lipinski definition) is 10. The summed E-state index contributed by atoms with van der Waals surface area (Å²) in [6.07, 6.45) is -18.9. The van der Waals surface area contributed by atoms with E-state index in [9.17, 15) is 40.9 Å². The molecule has 0 amide bonds. The van der Waals surface area contributed by atoms with Gasteiger partial charge in [0, 0.05) is 0 Å². The Labute approximate surface area is 199 Å². The molecule has 0 spiro atoms. The minimum absolute atomic E-state index is 0.522. The second-order valence-electron chi connectivity index (χ2n) is 7.91. The average Bonchev–Trinajstić information content (AvgIpc) is 2.85. The van der Waals surface area contributed by atoms with Crippen molar-refractivity contribution in [2.24, 2.45) is 0 Å². The molecule has 2 fully saturated rings. The molecule has 2 aliphatic heterocycles. The Morgan fingerprint density at radius 1 is 0.629 bits per heavy atom. The highest BCUT2D eigenvalue weighted by molar-refractivity contribution is 4.94. The van der Waals surface area contributed by atoms with Crippen LogP contribution < -0.4 is 0 Å². The van der Waals surface area contributed by atoms with Crippen molar-refractivity contribution in [1.29, 1.82) is 0 Å². The minimum atomic E-state index is -1.82.